The number of ether oxygens (including phenoxy) is 2. The Hall–Kier alpha value is -0.610. The van der Waals surface area contributed by atoms with Crippen LogP contribution in [-0.2, 0) is 14.3 Å². The standard InChI is InChI=1S/C19H38N4O3.HI/c1-4-16(3)23-18(24)7-11-22-19(20-5-2)21-10-6-12-26-15-17-8-13-25-14-9-17;/h16-17H,4-15H2,1-3H3,(H,23,24)(H2,20,21,22);1H. The second-order valence-electron chi connectivity index (χ2n) is 6.80. The number of hydrogen-bond acceptors (Lipinski definition) is 4. The maximum Gasteiger partial charge on any atom is 0.221 e. The molecule has 1 aliphatic rings. The van der Waals surface area contributed by atoms with Gasteiger partial charge in [-0.2, -0.15) is 0 Å². The number of rotatable bonds is 12. The molecule has 0 aromatic rings. The van der Waals surface area contributed by atoms with E-state index in [9.17, 15) is 4.79 Å². The summed E-state index contributed by atoms with van der Waals surface area (Å²) in [7, 11) is 0. The third-order valence-corrected chi connectivity index (χ3v) is 4.42. The first-order valence-corrected chi connectivity index (χ1v) is 10.1. The van der Waals surface area contributed by atoms with Gasteiger partial charge in [0.25, 0.3) is 0 Å². The first kappa shape index (κ1) is 26.4. The average Bonchev–Trinajstić information content (AvgIpc) is 2.65. The van der Waals surface area contributed by atoms with Gasteiger partial charge in [0.15, 0.2) is 5.96 Å². The van der Waals surface area contributed by atoms with E-state index in [1.165, 1.54) is 0 Å². The molecular weight excluding hydrogens is 459 g/mol. The van der Waals surface area contributed by atoms with Crippen LogP contribution in [0.15, 0.2) is 4.99 Å². The summed E-state index contributed by atoms with van der Waals surface area (Å²) in [5.74, 6) is 1.48. The zero-order valence-electron chi connectivity index (χ0n) is 17.2. The average molecular weight is 498 g/mol. The number of carbonyl (C=O) groups is 1. The third-order valence-electron chi connectivity index (χ3n) is 4.42. The molecule has 1 rings (SSSR count). The quantitative estimate of drug-likeness (QED) is 0.167. The van der Waals surface area contributed by atoms with Crippen molar-refractivity contribution in [3.8, 4) is 0 Å². The van der Waals surface area contributed by atoms with E-state index in [4.69, 9.17) is 9.47 Å². The van der Waals surface area contributed by atoms with Gasteiger partial charge in [-0.1, -0.05) is 6.92 Å². The summed E-state index contributed by atoms with van der Waals surface area (Å²) in [6.07, 6.45) is 4.51. The van der Waals surface area contributed by atoms with Crippen molar-refractivity contribution >= 4 is 35.8 Å². The van der Waals surface area contributed by atoms with E-state index < -0.39 is 0 Å². The lowest BCUT2D eigenvalue weighted by Crippen LogP contribution is -2.40. The molecule has 1 saturated heterocycles. The minimum absolute atomic E-state index is 0. The minimum Gasteiger partial charge on any atom is -0.381 e. The van der Waals surface area contributed by atoms with Gasteiger partial charge in [-0.25, -0.2) is 0 Å². The smallest absolute Gasteiger partial charge is 0.221 e. The molecule has 160 valence electrons. The summed E-state index contributed by atoms with van der Waals surface area (Å²) in [6, 6.07) is 0.227. The van der Waals surface area contributed by atoms with E-state index >= 15 is 0 Å². The van der Waals surface area contributed by atoms with Crippen LogP contribution in [0.5, 0.6) is 0 Å². The van der Waals surface area contributed by atoms with Crippen LogP contribution in [0.1, 0.15) is 52.9 Å². The van der Waals surface area contributed by atoms with E-state index in [1.807, 2.05) is 13.8 Å². The molecule has 1 fully saturated rings. The predicted molar refractivity (Wildman–Crippen MR) is 121 cm³/mol. The Bertz CT molecular complexity index is 404. The highest BCUT2D eigenvalue weighted by atomic mass is 127. The SMILES string of the molecule is CCNC(=NCCCOCC1CCOCC1)NCCC(=O)NC(C)CC.I. The molecule has 1 unspecified atom stereocenters. The fourth-order valence-corrected chi connectivity index (χ4v) is 2.61. The minimum atomic E-state index is 0. The monoisotopic (exact) mass is 498 g/mol. The molecule has 7 nitrogen and oxygen atoms in total. The Morgan fingerprint density at radius 3 is 2.67 bits per heavy atom. The lowest BCUT2D eigenvalue weighted by atomic mass is 10.0. The molecule has 0 aromatic heterocycles. The van der Waals surface area contributed by atoms with Crippen molar-refractivity contribution in [2.75, 3.05) is 46.1 Å². The molecule has 3 N–H and O–H groups in total. The van der Waals surface area contributed by atoms with E-state index in [0.717, 1.165) is 64.6 Å². The fourth-order valence-electron chi connectivity index (χ4n) is 2.61. The molecule has 0 bridgehead atoms. The van der Waals surface area contributed by atoms with Gasteiger partial charge in [-0.05, 0) is 45.4 Å². The van der Waals surface area contributed by atoms with Gasteiger partial charge >= 0.3 is 0 Å². The number of aliphatic imine (C=N–C) groups is 1. The van der Waals surface area contributed by atoms with E-state index in [2.05, 4.69) is 27.9 Å². The van der Waals surface area contributed by atoms with Crippen LogP contribution < -0.4 is 16.0 Å². The zero-order valence-corrected chi connectivity index (χ0v) is 19.6. The molecule has 0 aromatic carbocycles. The number of guanidine groups is 1. The van der Waals surface area contributed by atoms with Crippen LogP contribution in [0, 0.1) is 5.92 Å². The van der Waals surface area contributed by atoms with Crippen LogP contribution in [-0.4, -0.2) is 64.0 Å². The van der Waals surface area contributed by atoms with Crippen molar-refractivity contribution < 1.29 is 14.3 Å². The van der Waals surface area contributed by atoms with Crippen molar-refractivity contribution in [1.82, 2.24) is 16.0 Å². The molecule has 27 heavy (non-hydrogen) atoms. The van der Waals surface area contributed by atoms with Crippen LogP contribution in [0.2, 0.25) is 0 Å². The summed E-state index contributed by atoms with van der Waals surface area (Å²) in [6.45, 7) is 11.5. The molecule has 0 saturated carbocycles. The highest BCUT2D eigenvalue weighted by Gasteiger charge is 2.13. The van der Waals surface area contributed by atoms with Crippen LogP contribution in [0.4, 0.5) is 0 Å². The van der Waals surface area contributed by atoms with Crippen molar-refractivity contribution in [3.05, 3.63) is 0 Å². The molecule has 1 aliphatic heterocycles. The van der Waals surface area contributed by atoms with E-state index in [-0.39, 0.29) is 35.9 Å². The Morgan fingerprint density at radius 2 is 2.00 bits per heavy atom. The lowest BCUT2D eigenvalue weighted by molar-refractivity contribution is -0.121. The predicted octanol–water partition coefficient (Wildman–Crippen LogP) is 2.30. The highest BCUT2D eigenvalue weighted by Crippen LogP contribution is 2.14. The summed E-state index contributed by atoms with van der Waals surface area (Å²) in [5.41, 5.74) is 0. The van der Waals surface area contributed by atoms with E-state index in [0.29, 0.717) is 25.4 Å². The topological polar surface area (TPSA) is 84.0 Å². The van der Waals surface area contributed by atoms with Gasteiger partial charge in [-0.3, -0.25) is 9.79 Å². The Balaban J connectivity index is 0.00000676. The Labute approximate surface area is 181 Å². The molecule has 0 spiro atoms. The van der Waals surface area contributed by atoms with Crippen molar-refractivity contribution in [1.29, 1.82) is 0 Å². The molecule has 1 atom stereocenters. The van der Waals surface area contributed by atoms with Gasteiger partial charge in [-0.15, -0.1) is 24.0 Å². The number of nitrogens with zero attached hydrogens (tertiary/aromatic N) is 1. The zero-order chi connectivity index (χ0) is 19.0. The second-order valence-corrected chi connectivity index (χ2v) is 6.80. The largest absolute Gasteiger partial charge is 0.381 e. The molecule has 0 radical (unpaired) electrons. The number of nitrogens with one attached hydrogen (secondary N) is 3. The van der Waals surface area contributed by atoms with Crippen LogP contribution >= 0.6 is 24.0 Å². The summed E-state index contributed by atoms with van der Waals surface area (Å²) < 4.78 is 11.1. The maximum atomic E-state index is 11.8. The van der Waals surface area contributed by atoms with E-state index in [1.54, 1.807) is 0 Å². The number of amides is 1. The number of carbonyl (C=O) groups excluding carboxylic acids is 1. The highest BCUT2D eigenvalue weighted by molar-refractivity contribution is 14.0. The Morgan fingerprint density at radius 1 is 1.26 bits per heavy atom. The van der Waals surface area contributed by atoms with Gasteiger partial charge < -0.3 is 25.4 Å². The van der Waals surface area contributed by atoms with Crippen molar-refractivity contribution in [3.63, 3.8) is 0 Å². The molecule has 8 heteroatoms. The van der Waals surface area contributed by atoms with Crippen LogP contribution in [0.25, 0.3) is 0 Å². The summed E-state index contributed by atoms with van der Waals surface area (Å²) in [5, 5.41) is 9.38. The normalized spacial score (nSPS) is 16.3. The second kappa shape index (κ2) is 17.5. The summed E-state index contributed by atoms with van der Waals surface area (Å²) in [4.78, 5) is 16.3. The molecule has 1 amide bonds. The maximum absolute atomic E-state index is 11.8. The Kier molecular flexibility index (Phi) is 17.1. The molecule has 1 heterocycles. The lowest BCUT2D eigenvalue weighted by Gasteiger charge is -2.21. The third kappa shape index (κ3) is 14.1. The first-order valence-electron chi connectivity index (χ1n) is 10.1. The van der Waals surface area contributed by atoms with Gasteiger partial charge in [0.2, 0.25) is 5.91 Å². The van der Waals surface area contributed by atoms with Gasteiger partial charge in [0, 0.05) is 58.5 Å². The molecule has 0 aliphatic carbocycles. The number of halogens is 1. The van der Waals surface area contributed by atoms with Crippen molar-refractivity contribution in [2.45, 2.75) is 58.9 Å². The first-order chi connectivity index (χ1) is 12.7. The van der Waals surface area contributed by atoms with Gasteiger partial charge in [0.1, 0.15) is 0 Å². The summed E-state index contributed by atoms with van der Waals surface area (Å²) >= 11 is 0. The van der Waals surface area contributed by atoms with Crippen LogP contribution in [0.3, 0.4) is 0 Å². The fraction of sp³-hybridized carbons (Fsp3) is 0.895. The van der Waals surface area contributed by atoms with Crippen molar-refractivity contribution in [2.24, 2.45) is 10.9 Å². The number of hydrogen-bond donors (Lipinski definition) is 3. The molecular formula is C19H39IN4O3. The van der Waals surface area contributed by atoms with Gasteiger partial charge in [0.05, 0.1) is 0 Å².